The number of nitrogens with zero attached hydrogens (tertiary/aromatic N) is 1. The second kappa shape index (κ2) is 10.8. The maximum atomic E-state index is 13.5. The van der Waals surface area contributed by atoms with Gasteiger partial charge in [-0.2, -0.15) is 0 Å². The Balaban J connectivity index is 1.55. The molecular weight excluding hydrogens is 453 g/mol. The van der Waals surface area contributed by atoms with Crippen molar-refractivity contribution < 1.29 is 19.0 Å². The van der Waals surface area contributed by atoms with E-state index < -0.39 is 5.60 Å². The van der Waals surface area contributed by atoms with Gasteiger partial charge in [0.15, 0.2) is 0 Å². The Morgan fingerprint density at radius 1 is 0.912 bits per heavy atom. The number of likely N-dealkylation sites (tertiary alicyclic amines) is 1. The molecule has 1 fully saturated rings. The van der Waals surface area contributed by atoms with Crippen LogP contribution < -0.4 is 9.47 Å². The maximum absolute atomic E-state index is 13.5. The number of ether oxygens (including phenoxy) is 2. The maximum Gasteiger partial charge on any atom is 0.131 e. The molecule has 1 aliphatic heterocycles. The molecule has 0 amide bonds. The zero-order valence-electron chi connectivity index (χ0n) is 19.7. The van der Waals surface area contributed by atoms with Gasteiger partial charge >= 0.3 is 0 Å². The van der Waals surface area contributed by atoms with Crippen molar-refractivity contribution in [3.63, 3.8) is 0 Å². The predicted molar refractivity (Wildman–Crippen MR) is 134 cm³/mol. The summed E-state index contributed by atoms with van der Waals surface area (Å²) in [5.41, 5.74) is 2.85. The lowest BCUT2D eigenvalue weighted by atomic mass is 9.84. The minimum Gasteiger partial charge on any atom is -0.493 e. The van der Waals surface area contributed by atoms with Gasteiger partial charge in [-0.3, -0.25) is 4.90 Å². The summed E-state index contributed by atoms with van der Waals surface area (Å²) in [5, 5.41) is 11.9. The van der Waals surface area contributed by atoms with Crippen LogP contribution in [-0.4, -0.2) is 36.3 Å². The highest BCUT2D eigenvalue weighted by Gasteiger charge is 2.34. The van der Waals surface area contributed by atoms with Gasteiger partial charge < -0.3 is 14.6 Å². The first-order valence-electron chi connectivity index (χ1n) is 11.8. The number of benzene rings is 3. The van der Waals surface area contributed by atoms with Crippen LogP contribution in [-0.2, 0) is 12.1 Å². The molecule has 0 radical (unpaired) electrons. The average Bonchev–Trinajstić information content (AvgIpc) is 2.82. The molecule has 0 unspecified atom stereocenters. The number of halogens is 2. The van der Waals surface area contributed by atoms with Crippen molar-refractivity contribution in [2.75, 3.05) is 26.3 Å². The third-order valence-electron chi connectivity index (χ3n) is 6.33. The molecule has 0 saturated carbocycles. The van der Waals surface area contributed by atoms with E-state index in [0.717, 1.165) is 53.4 Å². The standard InChI is InChI=1S/C28H31ClFNO3/c1-3-33-25-17-20(18-26(34-4-2)27(25)21-5-11-24(30)12-6-21)19-31-15-13-28(32,14-16-31)22-7-9-23(29)10-8-22/h5-12,17-18,32H,3-4,13-16,19H2,1-2H3. The van der Waals surface area contributed by atoms with Gasteiger partial charge in [-0.15, -0.1) is 0 Å². The van der Waals surface area contributed by atoms with E-state index in [1.54, 1.807) is 12.1 Å². The Kier molecular flexibility index (Phi) is 7.77. The fourth-order valence-electron chi connectivity index (χ4n) is 4.56. The first kappa shape index (κ1) is 24.5. The largest absolute Gasteiger partial charge is 0.493 e. The fraction of sp³-hybridized carbons (Fsp3) is 0.357. The Labute approximate surface area is 205 Å². The van der Waals surface area contributed by atoms with Gasteiger partial charge in [0.1, 0.15) is 17.3 Å². The highest BCUT2D eigenvalue weighted by Crippen LogP contribution is 2.41. The summed E-state index contributed by atoms with van der Waals surface area (Å²) >= 11 is 6.01. The summed E-state index contributed by atoms with van der Waals surface area (Å²) < 4.78 is 25.5. The van der Waals surface area contributed by atoms with Crippen molar-refractivity contribution in [1.29, 1.82) is 0 Å². The van der Waals surface area contributed by atoms with Gasteiger partial charge in [0.05, 0.1) is 24.4 Å². The summed E-state index contributed by atoms with van der Waals surface area (Å²) in [6.07, 6.45) is 1.30. The molecular formula is C28H31ClFNO3. The number of aliphatic hydroxyl groups is 1. The summed E-state index contributed by atoms with van der Waals surface area (Å²) in [5.74, 6) is 1.18. The average molecular weight is 484 g/mol. The fourth-order valence-corrected chi connectivity index (χ4v) is 4.69. The molecule has 1 heterocycles. The summed E-state index contributed by atoms with van der Waals surface area (Å²) in [7, 11) is 0. The van der Waals surface area contributed by atoms with Gasteiger partial charge in [0, 0.05) is 24.7 Å². The van der Waals surface area contributed by atoms with E-state index in [1.807, 2.05) is 50.2 Å². The number of hydrogen-bond acceptors (Lipinski definition) is 4. The van der Waals surface area contributed by atoms with E-state index in [9.17, 15) is 9.50 Å². The topological polar surface area (TPSA) is 41.9 Å². The van der Waals surface area contributed by atoms with Crippen molar-refractivity contribution in [2.24, 2.45) is 0 Å². The van der Waals surface area contributed by atoms with Crippen LogP contribution in [0.5, 0.6) is 11.5 Å². The van der Waals surface area contributed by atoms with E-state index in [4.69, 9.17) is 21.1 Å². The van der Waals surface area contributed by atoms with Gasteiger partial charge in [0.25, 0.3) is 0 Å². The van der Waals surface area contributed by atoms with Crippen molar-refractivity contribution in [2.45, 2.75) is 38.8 Å². The van der Waals surface area contributed by atoms with Gasteiger partial charge in [-0.1, -0.05) is 35.9 Å². The first-order chi connectivity index (χ1) is 16.4. The molecule has 1 aliphatic rings. The minimum atomic E-state index is -0.833. The molecule has 0 bridgehead atoms. The zero-order chi connectivity index (χ0) is 24.1. The normalized spacial score (nSPS) is 15.8. The lowest BCUT2D eigenvalue weighted by Crippen LogP contribution is -2.42. The molecule has 1 N–H and O–H groups in total. The van der Waals surface area contributed by atoms with E-state index in [0.29, 0.717) is 31.1 Å². The van der Waals surface area contributed by atoms with Crippen LogP contribution in [0.4, 0.5) is 4.39 Å². The van der Waals surface area contributed by atoms with Crippen LogP contribution in [0.3, 0.4) is 0 Å². The van der Waals surface area contributed by atoms with E-state index in [1.165, 1.54) is 12.1 Å². The molecule has 3 aromatic carbocycles. The van der Waals surface area contributed by atoms with Crippen molar-refractivity contribution >= 4 is 11.6 Å². The number of rotatable bonds is 8. The van der Waals surface area contributed by atoms with Gasteiger partial charge in [-0.05, 0) is 79.8 Å². The second-order valence-electron chi connectivity index (χ2n) is 8.65. The molecule has 0 aliphatic carbocycles. The molecule has 4 nitrogen and oxygen atoms in total. The number of hydrogen-bond donors (Lipinski definition) is 1. The van der Waals surface area contributed by atoms with Crippen LogP contribution in [0.2, 0.25) is 5.02 Å². The monoisotopic (exact) mass is 483 g/mol. The Bertz CT molecular complexity index is 1070. The smallest absolute Gasteiger partial charge is 0.131 e. The van der Waals surface area contributed by atoms with Crippen LogP contribution in [0.1, 0.15) is 37.8 Å². The lowest BCUT2D eigenvalue weighted by molar-refractivity contribution is -0.0277. The highest BCUT2D eigenvalue weighted by molar-refractivity contribution is 6.30. The summed E-state index contributed by atoms with van der Waals surface area (Å²) in [4.78, 5) is 2.34. The first-order valence-corrected chi connectivity index (χ1v) is 12.2. The Hall–Kier alpha value is -2.60. The Morgan fingerprint density at radius 3 is 2.00 bits per heavy atom. The molecule has 180 valence electrons. The molecule has 0 aromatic heterocycles. The third-order valence-corrected chi connectivity index (χ3v) is 6.58. The molecule has 34 heavy (non-hydrogen) atoms. The van der Waals surface area contributed by atoms with Crippen molar-refractivity contribution in [3.8, 4) is 22.6 Å². The zero-order valence-corrected chi connectivity index (χ0v) is 20.4. The molecule has 6 heteroatoms. The summed E-state index contributed by atoms with van der Waals surface area (Å²) in [6.45, 7) is 7.19. The SMILES string of the molecule is CCOc1cc(CN2CCC(O)(c3ccc(Cl)cc3)CC2)cc(OCC)c1-c1ccc(F)cc1. The Morgan fingerprint density at radius 2 is 1.47 bits per heavy atom. The van der Waals surface area contributed by atoms with Crippen LogP contribution in [0, 0.1) is 5.82 Å². The molecule has 0 atom stereocenters. The van der Waals surface area contributed by atoms with Gasteiger partial charge in [0.2, 0.25) is 0 Å². The van der Waals surface area contributed by atoms with Crippen LogP contribution >= 0.6 is 11.6 Å². The molecule has 0 spiro atoms. The molecule has 4 rings (SSSR count). The van der Waals surface area contributed by atoms with E-state index in [-0.39, 0.29) is 5.82 Å². The van der Waals surface area contributed by atoms with Crippen molar-refractivity contribution in [3.05, 3.63) is 82.6 Å². The van der Waals surface area contributed by atoms with E-state index >= 15 is 0 Å². The predicted octanol–water partition coefficient (Wildman–Crippen LogP) is 6.43. The van der Waals surface area contributed by atoms with E-state index in [2.05, 4.69) is 4.90 Å². The molecule has 3 aromatic rings. The van der Waals surface area contributed by atoms with Crippen LogP contribution in [0.25, 0.3) is 11.1 Å². The molecule has 1 saturated heterocycles. The third kappa shape index (κ3) is 5.54. The second-order valence-corrected chi connectivity index (χ2v) is 9.09. The summed E-state index contributed by atoms with van der Waals surface area (Å²) in [6, 6.07) is 18.0. The highest BCUT2D eigenvalue weighted by atomic mass is 35.5. The van der Waals surface area contributed by atoms with Crippen molar-refractivity contribution in [1.82, 2.24) is 4.90 Å². The lowest BCUT2D eigenvalue weighted by Gasteiger charge is -2.38. The van der Waals surface area contributed by atoms with Gasteiger partial charge in [-0.25, -0.2) is 4.39 Å². The minimum absolute atomic E-state index is 0.278. The quantitative estimate of drug-likeness (QED) is 0.401. The number of piperidine rings is 1. The van der Waals surface area contributed by atoms with Crippen LogP contribution in [0.15, 0.2) is 60.7 Å².